The van der Waals surface area contributed by atoms with Gasteiger partial charge in [-0.15, -0.1) is 5.10 Å². The Morgan fingerprint density at radius 3 is 2.63 bits per heavy atom. The summed E-state index contributed by atoms with van der Waals surface area (Å²) in [5, 5.41) is 20.9. The van der Waals surface area contributed by atoms with Crippen LogP contribution in [0.5, 0.6) is 0 Å². The second kappa shape index (κ2) is 7.21. The van der Waals surface area contributed by atoms with Crippen LogP contribution in [0.1, 0.15) is 58.7 Å². The second-order valence-electron chi connectivity index (χ2n) is 5.28. The van der Waals surface area contributed by atoms with Crippen LogP contribution in [-0.2, 0) is 17.8 Å². The fourth-order valence-corrected chi connectivity index (χ4v) is 1.90. The minimum absolute atomic E-state index is 0.328. The average Bonchev–Trinajstić information content (AvgIpc) is 2.81. The van der Waals surface area contributed by atoms with Gasteiger partial charge in [-0.25, -0.2) is 4.68 Å². The van der Waals surface area contributed by atoms with Crippen LogP contribution in [0, 0.1) is 5.41 Å². The maximum absolute atomic E-state index is 11.3. The highest BCUT2D eigenvalue weighted by Crippen LogP contribution is 2.24. The molecule has 0 spiro atoms. The lowest BCUT2D eigenvalue weighted by molar-refractivity contribution is -0.149. The number of aryl methyl sites for hydroxylation is 1. The van der Waals surface area contributed by atoms with E-state index in [1.165, 1.54) is 12.8 Å². The molecule has 0 fully saturated rings. The number of carboxylic acid groups (broad SMARTS) is 1. The minimum atomic E-state index is -0.812. The maximum Gasteiger partial charge on any atom is 0.311 e. The number of hydrogen-bond donors (Lipinski definition) is 1. The molecule has 1 atom stereocenters. The van der Waals surface area contributed by atoms with Crippen molar-refractivity contribution in [1.82, 2.24) is 20.2 Å². The summed E-state index contributed by atoms with van der Waals surface area (Å²) in [7, 11) is 0. The molecule has 6 heteroatoms. The summed E-state index contributed by atoms with van der Waals surface area (Å²) in [5.41, 5.74) is -0.812. The van der Waals surface area contributed by atoms with E-state index in [2.05, 4.69) is 22.4 Å². The first-order valence-corrected chi connectivity index (χ1v) is 7.02. The molecule has 1 unspecified atom stereocenters. The third-order valence-corrected chi connectivity index (χ3v) is 3.66. The van der Waals surface area contributed by atoms with Crippen LogP contribution < -0.4 is 0 Å². The van der Waals surface area contributed by atoms with E-state index in [9.17, 15) is 9.90 Å². The summed E-state index contributed by atoms with van der Waals surface area (Å²) in [6, 6.07) is 0. The van der Waals surface area contributed by atoms with Gasteiger partial charge in [0, 0.05) is 6.42 Å². The molecule has 0 saturated heterocycles. The molecule has 0 aliphatic carbocycles. The summed E-state index contributed by atoms with van der Waals surface area (Å²) in [6.07, 6.45) is 5.97. The number of aliphatic carboxylic acids is 1. The first-order valence-electron chi connectivity index (χ1n) is 7.02. The molecule has 19 heavy (non-hydrogen) atoms. The van der Waals surface area contributed by atoms with Crippen LogP contribution in [0.25, 0.3) is 0 Å². The summed E-state index contributed by atoms with van der Waals surface area (Å²) < 4.78 is 1.64. The molecule has 0 bridgehead atoms. The summed E-state index contributed by atoms with van der Waals surface area (Å²) in [4.78, 5) is 11.3. The first-order chi connectivity index (χ1) is 9.03. The zero-order valence-corrected chi connectivity index (χ0v) is 12.1. The van der Waals surface area contributed by atoms with Crippen molar-refractivity contribution in [1.29, 1.82) is 0 Å². The van der Waals surface area contributed by atoms with Crippen LogP contribution in [-0.4, -0.2) is 31.3 Å². The van der Waals surface area contributed by atoms with Crippen LogP contribution in [0.15, 0.2) is 0 Å². The third-order valence-electron chi connectivity index (χ3n) is 3.66. The van der Waals surface area contributed by atoms with Gasteiger partial charge in [-0.05, 0) is 30.2 Å². The van der Waals surface area contributed by atoms with Crippen molar-refractivity contribution in [2.24, 2.45) is 5.41 Å². The smallest absolute Gasteiger partial charge is 0.311 e. The highest BCUT2D eigenvalue weighted by atomic mass is 16.4. The van der Waals surface area contributed by atoms with Crippen molar-refractivity contribution in [3.63, 3.8) is 0 Å². The number of hydrogen-bond acceptors (Lipinski definition) is 4. The quantitative estimate of drug-likeness (QED) is 0.695. The maximum atomic E-state index is 11.3. The van der Waals surface area contributed by atoms with E-state index in [-0.39, 0.29) is 0 Å². The van der Waals surface area contributed by atoms with Crippen molar-refractivity contribution in [3.05, 3.63) is 5.82 Å². The highest BCUT2D eigenvalue weighted by molar-refractivity contribution is 5.73. The Balaban J connectivity index is 2.64. The molecule has 0 aromatic carbocycles. The minimum Gasteiger partial charge on any atom is -0.481 e. The van der Waals surface area contributed by atoms with E-state index in [1.807, 2.05) is 6.92 Å². The molecule has 108 valence electrons. The molecule has 0 aliphatic heterocycles. The Kier molecular flexibility index (Phi) is 5.92. The Hall–Kier alpha value is -1.46. The fourth-order valence-electron chi connectivity index (χ4n) is 1.90. The zero-order valence-electron chi connectivity index (χ0n) is 12.1. The molecule has 0 radical (unpaired) electrons. The van der Waals surface area contributed by atoms with Crippen LogP contribution in [0.4, 0.5) is 0 Å². The number of tetrazole rings is 1. The lowest BCUT2D eigenvalue weighted by atomic mass is 9.88. The van der Waals surface area contributed by atoms with Gasteiger partial charge in [-0.2, -0.15) is 0 Å². The molecule has 6 nitrogen and oxygen atoms in total. The third kappa shape index (κ3) is 4.29. The van der Waals surface area contributed by atoms with Gasteiger partial charge < -0.3 is 5.11 Å². The van der Waals surface area contributed by atoms with Gasteiger partial charge in [0.15, 0.2) is 5.82 Å². The zero-order chi connectivity index (χ0) is 14.3. The molecule has 1 rings (SSSR count). The topological polar surface area (TPSA) is 80.9 Å². The van der Waals surface area contributed by atoms with Gasteiger partial charge in [0.1, 0.15) is 0 Å². The monoisotopic (exact) mass is 268 g/mol. The fraction of sp³-hybridized carbons (Fsp3) is 0.846. The average molecular weight is 268 g/mol. The lowest BCUT2D eigenvalue weighted by Gasteiger charge is -2.22. The number of rotatable bonds is 9. The SMILES string of the molecule is CCCCCCc1nnnn1CC(C)(CC)C(=O)O. The Morgan fingerprint density at radius 2 is 2.05 bits per heavy atom. The van der Waals surface area contributed by atoms with Crippen molar-refractivity contribution < 1.29 is 9.90 Å². The summed E-state index contributed by atoms with van der Waals surface area (Å²) >= 11 is 0. The van der Waals surface area contributed by atoms with Gasteiger partial charge in [0.25, 0.3) is 0 Å². The lowest BCUT2D eigenvalue weighted by Crippen LogP contribution is -2.33. The number of carbonyl (C=O) groups is 1. The van der Waals surface area contributed by atoms with E-state index in [0.29, 0.717) is 13.0 Å². The van der Waals surface area contributed by atoms with Gasteiger partial charge >= 0.3 is 5.97 Å². The molecule has 1 N–H and O–H groups in total. The van der Waals surface area contributed by atoms with Crippen molar-refractivity contribution >= 4 is 5.97 Å². The molecule has 1 aromatic rings. The predicted octanol–water partition coefficient (Wildman–Crippen LogP) is 2.30. The van der Waals surface area contributed by atoms with E-state index in [1.54, 1.807) is 11.6 Å². The molecular weight excluding hydrogens is 244 g/mol. The first kappa shape index (κ1) is 15.6. The summed E-state index contributed by atoms with van der Waals surface area (Å²) in [6.45, 7) is 6.11. The van der Waals surface area contributed by atoms with Crippen molar-refractivity contribution in [3.8, 4) is 0 Å². The molecule has 0 saturated carbocycles. The molecule has 0 aliphatic rings. The number of unbranched alkanes of at least 4 members (excludes halogenated alkanes) is 3. The van der Waals surface area contributed by atoms with E-state index >= 15 is 0 Å². The molecular formula is C13H24N4O2. The molecule has 0 amide bonds. The van der Waals surface area contributed by atoms with Crippen LogP contribution in [0.3, 0.4) is 0 Å². The predicted molar refractivity (Wildman–Crippen MR) is 71.7 cm³/mol. The Morgan fingerprint density at radius 1 is 1.32 bits per heavy atom. The van der Waals surface area contributed by atoms with Crippen LogP contribution >= 0.6 is 0 Å². The standard InChI is InChI=1S/C13H24N4O2/c1-4-6-7-8-9-11-14-15-16-17(11)10-13(3,5-2)12(18)19/h4-10H2,1-3H3,(H,18,19). The van der Waals surface area contributed by atoms with Gasteiger partial charge in [0.05, 0.1) is 12.0 Å². The Labute approximate surface area is 114 Å². The van der Waals surface area contributed by atoms with Crippen molar-refractivity contribution in [2.75, 3.05) is 0 Å². The number of nitrogens with zero attached hydrogens (tertiary/aromatic N) is 4. The molecule has 1 aromatic heterocycles. The normalized spacial score (nSPS) is 14.3. The summed E-state index contributed by atoms with van der Waals surface area (Å²) in [5.74, 6) is -0.0144. The van der Waals surface area contributed by atoms with Crippen molar-refractivity contribution in [2.45, 2.75) is 65.8 Å². The van der Waals surface area contributed by atoms with Gasteiger partial charge in [-0.3, -0.25) is 4.79 Å². The van der Waals surface area contributed by atoms with E-state index in [0.717, 1.165) is 25.1 Å². The van der Waals surface area contributed by atoms with Gasteiger partial charge in [0.2, 0.25) is 0 Å². The molecule has 1 heterocycles. The number of carboxylic acids is 1. The second-order valence-corrected chi connectivity index (χ2v) is 5.28. The number of aromatic nitrogens is 4. The van der Waals surface area contributed by atoms with E-state index in [4.69, 9.17) is 0 Å². The van der Waals surface area contributed by atoms with Gasteiger partial charge in [-0.1, -0.05) is 33.1 Å². The van der Waals surface area contributed by atoms with Crippen LogP contribution in [0.2, 0.25) is 0 Å². The largest absolute Gasteiger partial charge is 0.481 e. The Bertz CT molecular complexity index is 405. The highest BCUT2D eigenvalue weighted by Gasteiger charge is 2.32. The van der Waals surface area contributed by atoms with E-state index < -0.39 is 11.4 Å².